The topological polar surface area (TPSA) is 29.5 Å². The molecule has 1 heterocycles. The van der Waals surface area contributed by atoms with E-state index in [-0.39, 0.29) is 5.91 Å². The van der Waals surface area contributed by atoms with Crippen LogP contribution in [0.5, 0.6) is 0 Å². The van der Waals surface area contributed by atoms with E-state index in [9.17, 15) is 4.79 Å². The molecule has 0 fully saturated rings. The Morgan fingerprint density at radius 1 is 1.24 bits per heavy atom. The normalized spacial score (nSPS) is 15.3. The summed E-state index contributed by atoms with van der Waals surface area (Å²) in [5.74, 6) is 0.0968. The highest BCUT2D eigenvalue weighted by atomic mass is 16.5. The van der Waals surface area contributed by atoms with Crippen LogP contribution in [0.4, 0.5) is 0 Å². The van der Waals surface area contributed by atoms with Crippen molar-refractivity contribution in [3.8, 4) is 0 Å². The van der Waals surface area contributed by atoms with Gasteiger partial charge in [0.1, 0.15) is 0 Å². The maximum atomic E-state index is 11.4. The van der Waals surface area contributed by atoms with Crippen LogP contribution >= 0.6 is 0 Å². The lowest BCUT2D eigenvalue weighted by Crippen LogP contribution is -2.35. The van der Waals surface area contributed by atoms with Crippen molar-refractivity contribution in [3.05, 3.63) is 48.0 Å². The number of hydrogen-bond acceptors (Lipinski definition) is 2. The van der Waals surface area contributed by atoms with Crippen LogP contribution in [0.3, 0.4) is 0 Å². The zero-order valence-electron chi connectivity index (χ0n) is 9.84. The van der Waals surface area contributed by atoms with Crippen molar-refractivity contribution in [2.75, 3.05) is 19.7 Å². The molecule has 1 aromatic carbocycles. The highest BCUT2D eigenvalue weighted by molar-refractivity contribution is 5.88. The van der Waals surface area contributed by atoms with Crippen molar-refractivity contribution in [2.45, 2.75) is 13.0 Å². The highest BCUT2D eigenvalue weighted by Gasteiger charge is 2.12. The Morgan fingerprint density at radius 3 is 2.82 bits per heavy atom. The van der Waals surface area contributed by atoms with Crippen LogP contribution in [0.1, 0.15) is 12.0 Å². The predicted octanol–water partition coefficient (Wildman–Crippen LogP) is 1.99. The number of carbonyl (C=O) groups excluding carboxylic acids is 1. The average Bonchev–Trinajstić information content (AvgIpc) is 2.38. The minimum absolute atomic E-state index is 0.0968. The summed E-state index contributed by atoms with van der Waals surface area (Å²) in [4.78, 5) is 13.3. The van der Waals surface area contributed by atoms with Crippen LogP contribution in [0, 0.1) is 0 Å². The SMILES string of the molecule is O=C1C=CCCN1CCOCc1ccccc1. The Kier molecular flexibility index (Phi) is 4.33. The van der Waals surface area contributed by atoms with E-state index in [4.69, 9.17) is 4.74 Å². The molecule has 0 spiro atoms. The van der Waals surface area contributed by atoms with E-state index in [1.165, 1.54) is 0 Å². The van der Waals surface area contributed by atoms with E-state index in [1.54, 1.807) is 6.08 Å². The van der Waals surface area contributed by atoms with E-state index >= 15 is 0 Å². The second-order valence-corrected chi connectivity index (χ2v) is 4.05. The van der Waals surface area contributed by atoms with Crippen LogP contribution < -0.4 is 0 Å². The summed E-state index contributed by atoms with van der Waals surface area (Å²) in [5.41, 5.74) is 1.16. The van der Waals surface area contributed by atoms with Gasteiger partial charge < -0.3 is 9.64 Å². The van der Waals surface area contributed by atoms with Crippen molar-refractivity contribution in [2.24, 2.45) is 0 Å². The fourth-order valence-electron chi connectivity index (χ4n) is 1.79. The van der Waals surface area contributed by atoms with Crippen molar-refractivity contribution < 1.29 is 9.53 Å². The molecule has 1 aliphatic rings. The van der Waals surface area contributed by atoms with Gasteiger partial charge in [0.25, 0.3) is 0 Å². The van der Waals surface area contributed by atoms with E-state index in [0.717, 1.165) is 18.5 Å². The van der Waals surface area contributed by atoms with Crippen molar-refractivity contribution in [1.82, 2.24) is 4.90 Å². The summed E-state index contributed by atoms with van der Waals surface area (Å²) in [5, 5.41) is 0. The summed E-state index contributed by atoms with van der Waals surface area (Å²) >= 11 is 0. The zero-order chi connectivity index (χ0) is 11.9. The molecule has 90 valence electrons. The van der Waals surface area contributed by atoms with Crippen LogP contribution in [-0.4, -0.2) is 30.5 Å². The first-order valence-corrected chi connectivity index (χ1v) is 5.93. The van der Waals surface area contributed by atoms with Gasteiger partial charge in [0.15, 0.2) is 0 Å². The van der Waals surface area contributed by atoms with Crippen molar-refractivity contribution in [3.63, 3.8) is 0 Å². The molecule has 0 saturated heterocycles. The molecule has 1 aromatic rings. The molecule has 0 N–H and O–H groups in total. The molecule has 0 saturated carbocycles. The fourth-order valence-corrected chi connectivity index (χ4v) is 1.79. The molecular weight excluding hydrogens is 214 g/mol. The second kappa shape index (κ2) is 6.21. The van der Waals surface area contributed by atoms with E-state index in [1.807, 2.05) is 41.3 Å². The molecule has 0 aliphatic carbocycles. The van der Waals surface area contributed by atoms with Crippen LogP contribution in [-0.2, 0) is 16.1 Å². The maximum absolute atomic E-state index is 11.4. The van der Waals surface area contributed by atoms with Gasteiger partial charge in [-0.3, -0.25) is 4.79 Å². The monoisotopic (exact) mass is 231 g/mol. The molecule has 0 bridgehead atoms. The molecule has 3 heteroatoms. The molecule has 1 amide bonds. The Hall–Kier alpha value is -1.61. The fraction of sp³-hybridized carbons (Fsp3) is 0.357. The largest absolute Gasteiger partial charge is 0.375 e. The van der Waals surface area contributed by atoms with E-state index in [0.29, 0.717) is 19.8 Å². The number of amides is 1. The lowest BCUT2D eigenvalue weighted by Gasteiger charge is -2.23. The van der Waals surface area contributed by atoms with Gasteiger partial charge in [-0.15, -0.1) is 0 Å². The van der Waals surface area contributed by atoms with Gasteiger partial charge in [0, 0.05) is 13.1 Å². The van der Waals surface area contributed by atoms with Crippen molar-refractivity contribution in [1.29, 1.82) is 0 Å². The van der Waals surface area contributed by atoms with Gasteiger partial charge in [0.05, 0.1) is 13.2 Å². The average molecular weight is 231 g/mol. The highest BCUT2D eigenvalue weighted by Crippen LogP contribution is 2.04. The maximum Gasteiger partial charge on any atom is 0.246 e. The van der Waals surface area contributed by atoms with Gasteiger partial charge in [-0.1, -0.05) is 36.4 Å². The van der Waals surface area contributed by atoms with Gasteiger partial charge in [0.2, 0.25) is 5.91 Å². The number of benzene rings is 1. The molecule has 0 unspecified atom stereocenters. The molecule has 0 radical (unpaired) electrons. The van der Waals surface area contributed by atoms with Crippen LogP contribution in [0.25, 0.3) is 0 Å². The number of hydrogen-bond donors (Lipinski definition) is 0. The smallest absolute Gasteiger partial charge is 0.246 e. The predicted molar refractivity (Wildman–Crippen MR) is 66.4 cm³/mol. The molecule has 17 heavy (non-hydrogen) atoms. The number of carbonyl (C=O) groups is 1. The first kappa shape index (κ1) is 11.9. The first-order chi connectivity index (χ1) is 8.36. The van der Waals surface area contributed by atoms with Crippen LogP contribution in [0.2, 0.25) is 0 Å². The summed E-state index contributed by atoms with van der Waals surface area (Å²) in [7, 11) is 0. The number of ether oxygens (including phenoxy) is 1. The summed E-state index contributed by atoms with van der Waals surface area (Å²) in [6.07, 6.45) is 4.51. The number of rotatable bonds is 5. The van der Waals surface area contributed by atoms with Gasteiger partial charge in [-0.05, 0) is 18.1 Å². The molecule has 1 aliphatic heterocycles. The molecule has 2 rings (SSSR count). The number of nitrogens with zero attached hydrogens (tertiary/aromatic N) is 1. The van der Waals surface area contributed by atoms with Gasteiger partial charge in [-0.2, -0.15) is 0 Å². The van der Waals surface area contributed by atoms with E-state index in [2.05, 4.69) is 0 Å². The standard InChI is InChI=1S/C14H17NO2/c16-14-8-4-5-9-15(14)10-11-17-12-13-6-2-1-3-7-13/h1-4,6-8H,5,9-12H2. The third kappa shape index (κ3) is 3.71. The Bertz CT molecular complexity index is 386. The minimum Gasteiger partial charge on any atom is -0.375 e. The van der Waals surface area contributed by atoms with Crippen molar-refractivity contribution >= 4 is 5.91 Å². The molecule has 3 nitrogen and oxygen atoms in total. The Labute approximate surface area is 102 Å². The van der Waals surface area contributed by atoms with Crippen LogP contribution in [0.15, 0.2) is 42.5 Å². The lowest BCUT2D eigenvalue weighted by molar-refractivity contribution is -0.127. The third-order valence-corrected chi connectivity index (χ3v) is 2.75. The molecule has 0 atom stereocenters. The Balaban J connectivity index is 1.66. The minimum atomic E-state index is 0.0968. The first-order valence-electron chi connectivity index (χ1n) is 5.93. The quantitative estimate of drug-likeness (QED) is 0.725. The third-order valence-electron chi connectivity index (χ3n) is 2.75. The summed E-state index contributed by atoms with van der Waals surface area (Å²) < 4.78 is 5.55. The summed E-state index contributed by atoms with van der Waals surface area (Å²) in [6.45, 7) is 2.69. The Morgan fingerprint density at radius 2 is 2.06 bits per heavy atom. The van der Waals surface area contributed by atoms with Gasteiger partial charge in [-0.25, -0.2) is 0 Å². The summed E-state index contributed by atoms with van der Waals surface area (Å²) in [6, 6.07) is 10.1. The van der Waals surface area contributed by atoms with Gasteiger partial charge >= 0.3 is 0 Å². The lowest BCUT2D eigenvalue weighted by atomic mass is 10.2. The zero-order valence-corrected chi connectivity index (χ0v) is 9.84. The molecular formula is C14H17NO2. The molecule has 0 aromatic heterocycles. The second-order valence-electron chi connectivity index (χ2n) is 4.05. The van der Waals surface area contributed by atoms with E-state index < -0.39 is 0 Å².